The highest BCUT2D eigenvalue weighted by molar-refractivity contribution is 7.99. The first kappa shape index (κ1) is 20.4. The second-order valence-electron chi connectivity index (χ2n) is 7.22. The van der Waals surface area contributed by atoms with Crippen LogP contribution >= 0.6 is 11.8 Å². The minimum absolute atomic E-state index is 0.277. The molecule has 0 aromatic heterocycles. The zero-order valence-corrected chi connectivity index (χ0v) is 17.1. The minimum Gasteiger partial charge on any atom is -0.457 e. The Hall–Kier alpha value is -1.90. The van der Waals surface area contributed by atoms with Crippen LogP contribution < -0.4 is 0 Å². The second kappa shape index (κ2) is 8.85. The Morgan fingerprint density at radius 3 is 2.52 bits per heavy atom. The molecule has 7 heteroatoms. The smallest absolute Gasteiger partial charge is 0.303 e. The van der Waals surface area contributed by atoms with Crippen LogP contribution in [0.2, 0.25) is 0 Å². The molecule has 29 heavy (non-hydrogen) atoms. The third-order valence-electron chi connectivity index (χ3n) is 4.95. The molecule has 2 saturated heterocycles. The molecule has 2 aliphatic rings. The quantitative estimate of drug-likeness (QED) is 0.767. The van der Waals surface area contributed by atoms with Crippen LogP contribution in [0.5, 0.6) is 0 Å². The van der Waals surface area contributed by atoms with Crippen molar-refractivity contribution in [1.29, 1.82) is 0 Å². The van der Waals surface area contributed by atoms with Gasteiger partial charge in [-0.25, -0.2) is 0 Å². The highest BCUT2D eigenvalue weighted by Gasteiger charge is 2.51. The molecule has 0 spiro atoms. The van der Waals surface area contributed by atoms with Gasteiger partial charge in [0.05, 0.1) is 6.61 Å². The molecule has 0 aliphatic carbocycles. The number of thioether (sulfide) groups is 1. The zero-order valence-electron chi connectivity index (χ0n) is 16.3. The molecule has 0 amide bonds. The summed E-state index contributed by atoms with van der Waals surface area (Å²) in [4.78, 5) is 12.7. The summed E-state index contributed by atoms with van der Waals surface area (Å²) < 4.78 is 23.5. The summed E-state index contributed by atoms with van der Waals surface area (Å²) in [6.07, 6.45) is -3.56. The molecule has 0 unspecified atom stereocenters. The summed E-state index contributed by atoms with van der Waals surface area (Å²) in [5.41, 5.74) is 1.40. The Kier molecular flexibility index (Phi) is 6.22. The van der Waals surface area contributed by atoms with Gasteiger partial charge in [-0.3, -0.25) is 4.79 Å². The molecule has 1 N–H and O–H groups in total. The number of esters is 1. The molecule has 2 aliphatic heterocycles. The summed E-state index contributed by atoms with van der Waals surface area (Å²) in [5.74, 6) is -0.472. The van der Waals surface area contributed by atoms with E-state index in [0.29, 0.717) is 0 Å². The van der Waals surface area contributed by atoms with E-state index in [1.807, 2.05) is 61.5 Å². The van der Waals surface area contributed by atoms with Crippen molar-refractivity contribution in [2.45, 2.75) is 54.9 Å². The van der Waals surface area contributed by atoms with Gasteiger partial charge in [0.1, 0.15) is 23.7 Å². The maximum atomic E-state index is 11.7. The number of aliphatic hydroxyl groups excluding tert-OH is 1. The summed E-state index contributed by atoms with van der Waals surface area (Å²) >= 11 is 1.39. The molecule has 154 valence electrons. The molecule has 4 rings (SSSR count). The van der Waals surface area contributed by atoms with E-state index in [0.717, 1.165) is 16.0 Å². The lowest BCUT2D eigenvalue weighted by molar-refractivity contribution is -0.319. The Labute approximate surface area is 174 Å². The Morgan fingerprint density at radius 2 is 1.83 bits per heavy atom. The first-order valence-electron chi connectivity index (χ1n) is 9.57. The Bertz CT molecular complexity index is 827. The number of hydrogen-bond acceptors (Lipinski definition) is 7. The van der Waals surface area contributed by atoms with Gasteiger partial charge in [0.2, 0.25) is 0 Å². The lowest BCUT2D eigenvalue weighted by Gasteiger charge is -2.47. The van der Waals surface area contributed by atoms with E-state index < -0.39 is 42.1 Å². The van der Waals surface area contributed by atoms with E-state index in [9.17, 15) is 9.90 Å². The van der Waals surface area contributed by atoms with Crippen molar-refractivity contribution in [1.82, 2.24) is 0 Å². The summed E-state index contributed by atoms with van der Waals surface area (Å²) in [6, 6.07) is 17.5. The van der Waals surface area contributed by atoms with Gasteiger partial charge in [0.25, 0.3) is 0 Å². The lowest BCUT2D eigenvalue weighted by Crippen LogP contribution is -2.62. The fraction of sp³-hybridized carbons (Fsp3) is 0.409. The van der Waals surface area contributed by atoms with Gasteiger partial charge in [-0.1, -0.05) is 59.8 Å². The largest absolute Gasteiger partial charge is 0.457 e. The number of ether oxygens (including phenoxy) is 4. The fourth-order valence-corrected chi connectivity index (χ4v) is 4.57. The average molecular weight is 416 g/mol. The van der Waals surface area contributed by atoms with Gasteiger partial charge in [-0.15, -0.1) is 0 Å². The van der Waals surface area contributed by atoms with E-state index in [1.54, 1.807) is 0 Å². The van der Waals surface area contributed by atoms with Crippen LogP contribution in [0, 0.1) is 6.92 Å². The average Bonchev–Trinajstić information content (AvgIpc) is 2.73. The van der Waals surface area contributed by atoms with Crippen molar-refractivity contribution in [3.63, 3.8) is 0 Å². The van der Waals surface area contributed by atoms with E-state index in [4.69, 9.17) is 18.9 Å². The number of aryl methyl sites for hydroxylation is 1. The van der Waals surface area contributed by atoms with Crippen molar-refractivity contribution < 1.29 is 28.8 Å². The van der Waals surface area contributed by atoms with E-state index in [2.05, 4.69) is 0 Å². The third-order valence-corrected chi connectivity index (χ3v) is 6.12. The molecule has 0 radical (unpaired) electrons. The van der Waals surface area contributed by atoms with Crippen LogP contribution in [-0.2, 0) is 23.7 Å². The minimum atomic E-state index is -1.04. The van der Waals surface area contributed by atoms with Gasteiger partial charge in [0.15, 0.2) is 12.4 Å². The van der Waals surface area contributed by atoms with Crippen LogP contribution in [0.4, 0.5) is 0 Å². The van der Waals surface area contributed by atoms with Gasteiger partial charge in [-0.05, 0) is 19.1 Å². The van der Waals surface area contributed by atoms with E-state index in [1.165, 1.54) is 18.7 Å². The zero-order chi connectivity index (χ0) is 20.4. The normalized spacial score (nSPS) is 31.7. The summed E-state index contributed by atoms with van der Waals surface area (Å²) in [5, 5.41) is 10.9. The van der Waals surface area contributed by atoms with Crippen molar-refractivity contribution >= 4 is 17.7 Å². The van der Waals surface area contributed by atoms with Crippen LogP contribution in [0.15, 0.2) is 59.5 Å². The Morgan fingerprint density at radius 1 is 1.10 bits per heavy atom. The molecule has 2 aromatic rings. The second-order valence-corrected chi connectivity index (χ2v) is 8.39. The van der Waals surface area contributed by atoms with Gasteiger partial charge in [0, 0.05) is 17.4 Å². The van der Waals surface area contributed by atoms with Gasteiger partial charge < -0.3 is 24.1 Å². The monoisotopic (exact) mass is 416 g/mol. The molecular weight excluding hydrogens is 392 g/mol. The molecule has 0 saturated carbocycles. The number of carbonyl (C=O) groups is 1. The van der Waals surface area contributed by atoms with E-state index >= 15 is 0 Å². The maximum Gasteiger partial charge on any atom is 0.303 e. The first-order valence-corrected chi connectivity index (χ1v) is 10.5. The number of rotatable bonds is 4. The van der Waals surface area contributed by atoms with Crippen LogP contribution in [-0.4, -0.2) is 47.5 Å². The molecule has 6 atom stereocenters. The van der Waals surface area contributed by atoms with Gasteiger partial charge in [-0.2, -0.15) is 0 Å². The molecular formula is C22H24O6S. The number of hydrogen-bond donors (Lipinski definition) is 1. The lowest BCUT2D eigenvalue weighted by atomic mass is 9.98. The van der Waals surface area contributed by atoms with Crippen LogP contribution in [0.25, 0.3) is 0 Å². The topological polar surface area (TPSA) is 74.2 Å². The molecule has 2 fully saturated rings. The van der Waals surface area contributed by atoms with Crippen LogP contribution in [0.1, 0.15) is 24.3 Å². The first-order chi connectivity index (χ1) is 14.0. The predicted molar refractivity (Wildman–Crippen MR) is 107 cm³/mol. The molecule has 2 aromatic carbocycles. The Balaban J connectivity index is 1.53. The van der Waals surface area contributed by atoms with Crippen molar-refractivity contribution in [2.75, 3.05) is 6.61 Å². The summed E-state index contributed by atoms with van der Waals surface area (Å²) in [6.45, 7) is 3.62. The summed E-state index contributed by atoms with van der Waals surface area (Å²) in [7, 11) is 0. The predicted octanol–water partition coefficient (Wildman–Crippen LogP) is 3.22. The SMILES string of the molecule is CC(=O)O[C@@H]1[C@H](O)[C@@H](Sc2ccc(C)cc2)O[C@@H]2CO[C@@H](c3ccccc3)O[C@@H]12. The highest BCUT2D eigenvalue weighted by atomic mass is 32.2. The fourth-order valence-electron chi connectivity index (χ4n) is 3.52. The van der Waals surface area contributed by atoms with Crippen molar-refractivity contribution in [3.8, 4) is 0 Å². The molecule has 2 heterocycles. The standard InChI is InChI=1S/C22H24O6S/c1-13-8-10-16(11-9-13)29-22-18(24)20(26-14(2)23)19-17(27-22)12-25-21(28-19)15-6-4-3-5-7-15/h3-11,17-22,24H,12H2,1-2H3/t17-,18+,19-,20-,21-,22-/m1/s1. The van der Waals surface area contributed by atoms with E-state index in [-0.39, 0.29) is 6.61 Å². The van der Waals surface area contributed by atoms with Gasteiger partial charge >= 0.3 is 5.97 Å². The maximum absolute atomic E-state index is 11.7. The third kappa shape index (κ3) is 4.65. The molecule has 6 nitrogen and oxygen atoms in total. The number of aliphatic hydroxyl groups is 1. The highest BCUT2D eigenvalue weighted by Crippen LogP contribution is 2.39. The van der Waals surface area contributed by atoms with Crippen molar-refractivity contribution in [3.05, 3.63) is 65.7 Å². The number of carbonyl (C=O) groups excluding carboxylic acids is 1. The molecule has 0 bridgehead atoms. The number of benzene rings is 2. The van der Waals surface area contributed by atoms with Crippen molar-refractivity contribution in [2.24, 2.45) is 0 Å². The van der Waals surface area contributed by atoms with Crippen LogP contribution in [0.3, 0.4) is 0 Å². The number of fused-ring (bicyclic) bond motifs is 1.